The molecular weight excluding hydrogens is 441 g/mol. The van der Waals surface area contributed by atoms with Gasteiger partial charge in [0, 0.05) is 44.5 Å². The number of hydrogen-bond acceptors (Lipinski definition) is 6. The Kier molecular flexibility index (Phi) is 5.32. The van der Waals surface area contributed by atoms with Gasteiger partial charge in [-0.15, -0.1) is 0 Å². The molecule has 5 rings (SSSR count). The van der Waals surface area contributed by atoms with E-state index in [2.05, 4.69) is 46.9 Å². The van der Waals surface area contributed by atoms with E-state index in [1.807, 2.05) is 0 Å². The number of nitrogens with zero attached hydrogens (tertiary/aromatic N) is 6. The highest BCUT2D eigenvalue weighted by molar-refractivity contribution is 6.31. The predicted molar refractivity (Wildman–Crippen MR) is 131 cm³/mol. The van der Waals surface area contributed by atoms with Crippen molar-refractivity contribution in [3.05, 3.63) is 58.4 Å². The third kappa shape index (κ3) is 3.74. The second kappa shape index (κ2) is 8.19. The average molecular weight is 466 g/mol. The van der Waals surface area contributed by atoms with E-state index in [0.29, 0.717) is 34.1 Å². The summed E-state index contributed by atoms with van der Waals surface area (Å²) >= 11 is 6.06. The fraction of sp³-hybridized carbons (Fsp3) is 0.292. The largest absolute Gasteiger partial charge is 0.383 e. The number of aromatic nitrogens is 4. The zero-order chi connectivity index (χ0) is 23.3. The molecule has 4 aromatic rings. The van der Waals surface area contributed by atoms with Crippen molar-refractivity contribution in [1.29, 1.82) is 0 Å². The molecule has 0 atom stereocenters. The first-order valence-electron chi connectivity index (χ1n) is 10.8. The third-order valence-corrected chi connectivity index (χ3v) is 6.69. The lowest BCUT2D eigenvalue weighted by Gasteiger charge is -2.37. The Morgan fingerprint density at radius 2 is 1.73 bits per heavy atom. The number of aryl methyl sites for hydroxylation is 2. The molecule has 2 aromatic heterocycles. The highest BCUT2D eigenvalue weighted by Gasteiger charge is 2.24. The van der Waals surface area contributed by atoms with Crippen LogP contribution in [-0.2, 0) is 7.05 Å². The Morgan fingerprint density at radius 3 is 2.45 bits per heavy atom. The molecule has 1 fully saturated rings. The fourth-order valence-corrected chi connectivity index (χ4v) is 4.50. The summed E-state index contributed by atoms with van der Waals surface area (Å²) in [6.45, 7) is 7.55. The van der Waals surface area contributed by atoms with Gasteiger partial charge < -0.3 is 15.5 Å². The van der Waals surface area contributed by atoms with Crippen molar-refractivity contribution in [3.63, 3.8) is 0 Å². The molecule has 0 amide bonds. The maximum atomic E-state index is 13.8. The highest BCUT2D eigenvalue weighted by Crippen LogP contribution is 2.34. The maximum Gasteiger partial charge on any atom is 0.228 e. The van der Waals surface area contributed by atoms with Crippen LogP contribution in [0.5, 0.6) is 0 Å². The number of benzene rings is 2. The van der Waals surface area contributed by atoms with Gasteiger partial charge in [0.25, 0.3) is 0 Å². The maximum absolute atomic E-state index is 13.8. The standard InChI is InChI=1S/C24H25ClFN7/c1-14-5-4-6-19(15(14)2)32-9-11-33(12-10-32)24-28-21(16-7-8-18(26)17(25)13-16)20-22(27)31(3)30-23(20)29-24/h4-8,13H,9-12,27H2,1-3H3. The quantitative estimate of drug-likeness (QED) is 0.485. The molecule has 0 saturated carbocycles. The van der Waals surface area contributed by atoms with Crippen molar-refractivity contribution >= 4 is 40.1 Å². The molecule has 0 bridgehead atoms. The van der Waals surface area contributed by atoms with E-state index in [4.69, 9.17) is 27.3 Å². The summed E-state index contributed by atoms with van der Waals surface area (Å²) in [6, 6.07) is 11.0. The van der Waals surface area contributed by atoms with Crippen LogP contribution in [0.2, 0.25) is 5.02 Å². The van der Waals surface area contributed by atoms with Crippen molar-refractivity contribution in [2.45, 2.75) is 13.8 Å². The topological polar surface area (TPSA) is 76.1 Å². The van der Waals surface area contributed by atoms with E-state index in [0.717, 1.165) is 26.2 Å². The lowest BCUT2D eigenvalue weighted by Crippen LogP contribution is -2.47. The van der Waals surface area contributed by atoms with Crippen molar-refractivity contribution in [2.24, 2.45) is 7.05 Å². The van der Waals surface area contributed by atoms with E-state index < -0.39 is 5.82 Å². The van der Waals surface area contributed by atoms with Gasteiger partial charge in [0.1, 0.15) is 11.6 Å². The van der Waals surface area contributed by atoms with Gasteiger partial charge in [-0.2, -0.15) is 10.1 Å². The molecule has 170 valence electrons. The van der Waals surface area contributed by atoms with Crippen LogP contribution in [0.1, 0.15) is 11.1 Å². The van der Waals surface area contributed by atoms with E-state index in [-0.39, 0.29) is 5.02 Å². The Hall–Kier alpha value is -3.39. The number of rotatable bonds is 3. The molecule has 7 nitrogen and oxygen atoms in total. The zero-order valence-corrected chi connectivity index (χ0v) is 19.6. The summed E-state index contributed by atoms with van der Waals surface area (Å²) in [5, 5.41) is 5.14. The number of nitrogens with two attached hydrogens (primary N) is 1. The van der Waals surface area contributed by atoms with Gasteiger partial charge >= 0.3 is 0 Å². The van der Waals surface area contributed by atoms with Gasteiger partial charge in [0.15, 0.2) is 5.65 Å². The minimum atomic E-state index is -0.479. The van der Waals surface area contributed by atoms with Crippen molar-refractivity contribution < 1.29 is 4.39 Å². The lowest BCUT2D eigenvalue weighted by atomic mass is 10.1. The molecule has 9 heteroatoms. The van der Waals surface area contributed by atoms with Crippen LogP contribution < -0.4 is 15.5 Å². The van der Waals surface area contributed by atoms with Crippen molar-refractivity contribution in [1.82, 2.24) is 19.7 Å². The summed E-state index contributed by atoms with van der Waals surface area (Å²) in [7, 11) is 1.76. The Balaban J connectivity index is 1.50. The van der Waals surface area contributed by atoms with E-state index in [1.165, 1.54) is 22.9 Å². The van der Waals surface area contributed by atoms with Crippen LogP contribution >= 0.6 is 11.6 Å². The van der Waals surface area contributed by atoms with Gasteiger partial charge in [-0.3, -0.25) is 4.68 Å². The normalized spacial score (nSPS) is 14.3. The van der Waals surface area contributed by atoms with Crippen LogP contribution in [0, 0.1) is 19.7 Å². The zero-order valence-electron chi connectivity index (χ0n) is 18.8. The van der Waals surface area contributed by atoms with Crippen LogP contribution in [0.15, 0.2) is 36.4 Å². The first-order chi connectivity index (χ1) is 15.8. The Labute approximate surface area is 196 Å². The van der Waals surface area contributed by atoms with Crippen molar-refractivity contribution in [2.75, 3.05) is 41.7 Å². The molecule has 1 aliphatic rings. The summed E-state index contributed by atoms with van der Waals surface area (Å²) in [4.78, 5) is 14.1. The molecule has 2 N–H and O–H groups in total. The van der Waals surface area contributed by atoms with Gasteiger partial charge in [-0.1, -0.05) is 23.7 Å². The van der Waals surface area contributed by atoms with E-state index in [9.17, 15) is 4.39 Å². The van der Waals surface area contributed by atoms with Crippen LogP contribution in [0.3, 0.4) is 0 Å². The van der Waals surface area contributed by atoms with E-state index >= 15 is 0 Å². The van der Waals surface area contributed by atoms with Gasteiger partial charge in [-0.25, -0.2) is 9.37 Å². The number of hydrogen-bond donors (Lipinski definition) is 1. The second-order valence-electron chi connectivity index (χ2n) is 8.40. The minimum absolute atomic E-state index is 0.0328. The minimum Gasteiger partial charge on any atom is -0.383 e. The lowest BCUT2D eigenvalue weighted by molar-refractivity contribution is 0.628. The molecule has 3 heterocycles. The second-order valence-corrected chi connectivity index (χ2v) is 8.81. The monoisotopic (exact) mass is 465 g/mol. The smallest absolute Gasteiger partial charge is 0.228 e. The molecule has 1 aliphatic heterocycles. The fourth-order valence-electron chi connectivity index (χ4n) is 4.32. The number of anilines is 3. The molecule has 0 spiro atoms. The molecular formula is C24H25ClFN7. The van der Waals surface area contributed by atoms with Crippen LogP contribution in [0.25, 0.3) is 22.3 Å². The first kappa shape index (κ1) is 21.5. The molecule has 2 aromatic carbocycles. The number of piperazine rings is 1. The summed E-state index contributed by atoms with van der Waals surface area (Å²) in [6.07, 6.45) is 0. The number of halogens is 2. The predicted octanol–water partition coefficient (Wildman–Crippen LogP) is 4.35. The molecule has 33 heavy (non-hydrogen) atoms. The summed E-state index contributed by atoms with van der Waals surface area (Å²) < 4.78 is 15.4. The average Bonchev–Trinajstić information content (AvgIpc) is 3.10. The third-order valence-electron chi connectivity index (χ3n) is 6.40. The van der Waals surface area contributed by atoms with Crippen molar-refractivity contribution in [3.8, 4) is 11.3 Å². The SMILES string of the molecule is Cc1cccc(N2CCN(c3nc(-c4ccc(F)c(Cl)c4)c4c(N)n(C)nc4n3)CC2)c1C. The van der Waals surface area contributed by atoms with Gasteiger partial charge in [0.2, 0.25) is 5.95 Å². The molecule has 1 saturated heterocycles. The molecule has 0 aliphatic carbocycles. The summed E-state index contributed by atoms with van der Waals surface area (Å²) in [5.41, 5.74) is 11.9. The Morgan fingerprint density at radius 1 is 1.00 bits per heavy atom. The molecule has 0 radical (unpaired) electrons. The number of fused-ring (bicyclic) bond motifs is 1. The van der Waals surface area contributed by atoms with E-state index in [1.54, 1.807) is 23.9 Å². The van der Waals surface area contributed by atoms with Crippen LogP contribution in [-0.4, -0.2) is 45.9 Å². The van der Waals surface area contributed by atoms with Crippen LogP contribution in [0.4, 0.5) is 21.8 Å². The van der Waals surface area contributed by atoms with Gasteiger partial charge in [-0.05, 0) is 49.2 Å². The molecule has 0 unspecified atom stereocenters. The summed E-state index contributed by atoms with van der Waals surface area (Å²) in [5.74, 6) is 0.552. The highest BCUT2D eigenvalue weighted by atomic mass is 35.5. The number of nitrogen functional groups attached to an aromatic ring is 1. The van der Waals surface area contributed by atoms with Gasteiger partial charge in [0.05, 0.1) is 16.1 Å². The Bertz CT molecular complexity index is 1360. The first-order valence-corrected chi connectivity index (χ1v) is 11.2.